The van der Waals surface area contributed by atoms with Gasteiger partial charge in [0.1, 0.15) is 0 Å². The molecule has 0 bridgehead atoms. The molecule has 57 heavy (non-hydrogen) atoms. The van der Waals surface area contributed by atoms with Crippen LogP contribution in [0.5, 0.6) is 0 Å². The van der Waals surface area contributed by atoms with Crippen molar-refractivity contribution in [2.45, 2.75) is 95.2 Å². The van der Waals surface area contributed by atoms with Crippen LogP contribution < -0.4 is 16.4 Å². The van der Waals surface area contributed by atoms with Gasteiger partial charge in [-0.15, -0.1) is 0 Å². The van der Waals surface area contributed by atoms with Crippen molar-refractivity contribution in [3.63, 3.8) is 0 Å². The second-order valence-electron chi connectivity index (χ2n) is 15.4. The van der Waals surface area contributed by atoms with Gasteiger partial charge in [-0.2, -0.15) is 0 Å². The van der Waals surface area contributed by atoms with E-state index in [1.54, 1.807) is 12.1 Å². The van der Waals surface area contributed by atoms with Gasteiger partial charge in [0.2, 0.25) is 11.8 Å². The Kier molecular flexibility index (Phi) is 14.0. The van der Waals surface area contributed by atoms with Gasteiger partial charge in [-0.1, -0.05) is 91.7 Å². The molecule has 3 atom stereocenters. The Bertz CT molecular complexity index is 1900. The molecule has 1 spiro atoms. The van der Waals surface area contributed by atoms with E-state index in [4.69, 9.17) is 24.7 Å². The summed E-state index contributed by atoms with van der Waals surface area (Å²) in [6, 6.07) is 31.8. The van der Waals surface area contributed by atoms with Crippen molar-refractivity contribution < 1.29 is 33.6 Å². The molecule has 0 radical (unpaired) electrons. The highest BCUT2D eigenvalue weighted by Crippen LogP contribution is 2.39. The van der Waals surface area contributed by atoms with Crippen LogP contribution in [0.4, 0.5) is 11.4 Å². The highest BCUT2D eigenvalue weighted by molar-refractivity contribution is 5.93. The van der Waals surface area contributed by atoms with E-state index in [9.17, 15) is 14.7 Å². The lowest BCUT2D eigenvalue weighted by Crippen LogP contribution is -2.48. The fraction of sp³-hybridized carbons (Fsp3) is 0.435. The van der Waals surface area contributed by atoms with E-state index in [1.165, 1.54) is 0 Å². The van der Waals surface area contributed by atoms with E-state index in [1.807, 2.05) is 48.5 Å². The lowest BCUT2D eigenvalue weighted by atomic mass is 9.98. The van der Waals surface area contributed by atoms with Gasteiger partial charge >= 0.3 is 0 Å². The Morgan fingerprint density at radius 1 is 0.754 bits per heavy atom. The van der Waals surface area contributed by atoms with Crippen LogP contribution in [0, 0.1) is 0 Å². The minimum atomic E-state index is -0.529. The number of benzene rings is 4. The van der Waals surface area contributed by atoms with Gasteiger partial charge in [0.05, 0.1) is 43.4 Å². The number of carbonyl (C=O) groups excluding carboxylic acids is 2. The molecule has 7 rings (SSSR count). The van der Waals surface area contributed by atoms with Crippen LogP contribution in [-0.4, -0.2) is 66.6 Å². The number of nitrogens with two attached hydrogens (primary N) is 1. The normalized spacial score (nSPS) is 20.7. The topological polar surface area (TPSA) is 145 Å². The first kappa shape index (κ1) is 40.6. The molecule has 0 saturated carbocycles. The summed E-state index contributed by atoms with van der Waals surface area (Å²) in [6.07, 6.45) is 5.95. The summed E-state index contributed by atoms with van der Waals surface area (Å²) in [4.78, 5) is 27.3. The van der Waals surface area contributed by atoms with E-state index in [0.29, 0.717) is 44.0 Å². The second-order valence-corrected chi connectivity index (χ2v) is 15.4. The highest BCUT2D eigenvalue weighted by Gasteiger charge is 2.41. The van der Waals surface area contributed by atoms with E-state index in [0.717, 1.165) is 98.0 Å². The van der Waals surface area contributed by atoms with E-state index < -0.39 is 12.1 Å². The van der Waals surface area contributed by atoms with Gasteiger partial charge in [-0.3, -0.25) is 9.59 Å². The first-order valence-electron chi connectivity index (χ1n) is 20.5. The Balaban J connectivity index is 0.886. The lowest BCUT2D eigenvalue weighted by Gasteiger charge is -2.41. The Labute approximate surface area is 335 Å². The SMILES string of the molecule is Nc1ccccc1NC(=O)CCCCCCC(=O)NCc1cccc(-c2ccc([C@H]3O[C@@H](CN4CCC5(CC4)OCCO5)C[C@@H](c4ccc(CO)cc4)O3)cc2)c1. The van der Waals surface area contributed by atoms with Gasteiger partial charge in [0.25, 0.3) is 0 Å². The monoisotopic (exact) mass is 776 g/mol. The molecule has 2 amide bonds. The number of ether oxygens (including phenoxy) is 4. The highest BCUT2D eigenvalue weighted by atomic mass is 16.7. The summed E-state index contributed by atoms with van der Waals surface area (Å²) in [5, 5.41) is 15.5. The van der Waals surface area contributed by atoms with Crippen molar-refractivity contribution in [2.75, 3.05) is 43.9 Å². The summed E-state index contributed by atoms with van der Waals surface area (Å²) in [5.41, 5.74) is 13.2. The standard InChI is InChI=1S/C46H56N4O7/c47-40-10-5-6-11-41(40)49-44(53)13-4-2-1-3-12-43(52)48-30-34-8-7-9-38(28-34)35-18-20-37(21-19-35)45-56-39(29-42(57-45)36-16-14-33(32-51)15-17-36)31-50-24-22-46(23-25-50)54-26-27-55-46/h5-11,14-21,28,39,42,45,51H,1-4,12-13,22-27,29-32,47H2,(H,48,52)(H,49,53)/t39-,42+,45+/m1/s1. The number of aliphatic hydroxyl groups is 1. The van der Waals surface area contributed by atoms with Crippen molar-refractivity contribution in [2.24, 2.45) is 0 Å². The van der Waals surface area contributed by atoms with Crippen molar-refractivity contribution in [3.05, 3.63) is 119 Å². The number of nitrogen functional groups attached to an aromatic ring is 1. The maximum absolute atomic E-state index is 12.6. The van der Waals surface area contributed by atoms with Crippen molar-refractivity contribution in [3.8, 4) is 11.1 Å². The fourth-order valence-electron chi connectivity index (χ4n) is 7.91. The van der Waals surface area contributed by atoms with Crippen LogP contribution in [0.3, 0.4) is 0 Å². The zero-order valence-electron chi connectivity index (χ0n) is 32.7. The lowest BCUT2D eigenvalue weighted by molar-refractivity contribution is -0.255. The average Bonchev–Trinajstić information content (AvgIpc) is 3.71. The van der Waals surface area contributed by atoms with Gasteiger partial charge in [-0.25, -0.2) is 0 Å². The summed E-state index contributed by atoms with van der Waals surface area (Å²) in [6.45, 7) is 4.40. The molecule has 302 valence electrons. The molecule has 0 unspecified atom stereocenters. The van der Waals surface area contributed by atoms with Crippen molar-refractivity contribution >= 4 is 23.2 Å². The third-order valence-electron chi connectivity index (χ3n) is 11.2. The maximum Gasteiger partial charge on any atom is 0.224 e. The van der Waals surface area contributed by atoms with E-state index >= 15 is 0 Å². The number of hydrogen-bond donors (Lipinski definition) is 4. The molecule has 4 aromatic carbocycles. The predicted octanol–water partition coefficient (Wildman–Crippen LogP) is 7.41. The largest absolute Gasteiger partial charge is 0.397 e. The molecular weight excluding hydrogens is 721 g/mol. The number of hydrogen-bond acceptors (Lipinski definition) is 9. The summed E-state index contributed by atoms with van der Waals surface area (Å²) in [5.74, 6) is -0.434. The number of carbonyl (C=O) groups is 2. The molecule has 0 aromatic heterocycles. The maximum atomic E-state index is 12.6. The molecule has 11 heteroatoms. The van der Waals surface area contributed by atoms with Crippen LogP contribution in [0.1, 0.15) is 92.4 Å². The molecule has 3 saturated heterocycles. The Morgan fingerprint density at radius 3 is 2.18 bits per heavy atom. The molecule has 3 aliphatic rings. The van der Waals surface area contributed by atoms with Crippen LogP contribution in [-0.2, 0) is 41.7 Å². The van der Waals surface area contributed by atoms with Crippen molar-refractivity contribution in [1.29, 1.82) is 0 Å². The number of amides is 2. The number of likely N-dealkylation sites (tertiary alicyclic amines) is 1. The zero-order chi connectivity index (χ0) is 39.5. The smallest absolute Gasteiger partial charge is 0.224 e. The summed E-state index contributed by atoms with van der Waals surface area (Å²) >= 11 is 0. The number of nitrogens with zero attached hydrogens (tertiary/aromatic N) is 1. The molecule has 11 nitrogen and oxygen atoms in total. The second kappa shape index (κ2) is 19.7. The van der Waals surface area contributed by atoms with E-state index in [-0.39, 0.29) is 30.6 Å². The number of aliphatic hydroxyl groups excluding tert-OH is 1. The molecule has 3 fully saturated rings. The quantitative estimate of drug-likeness (QED) is 0.0676. The number of rotatable bonds is 16. The molecule has 3 heterocycles. The number of unbranched alkanes of at least 4 members (excludes halogenated alkanes) is 3. The van der Waals surface area contributed by atoms with Crippen molar-refractivity contribution in [1.82, 2.24) is 10.2 Å². The van der Waals surface area contributed by atoms with Gasteiger partial charge in [0, 0.05) is 63.8 Å². The fourth-order valence-corrected chi connectivity index (χ4v) is 7.91. The molecule has 3 aliphatic heterocycles. The molecule has 5 N–H and O–H groups in total. The van der Waals surface area contributed by atoms with E-state index in [2.05, 4.69) is 51.9 Å². The molecule has 0 aliphatic carbocycles. The zero-order valence-corrected chi connectivity index (χ0v) is 32.7. The van der Waals surface area contributed by atoms with Gasteiger partial charge < -0.3 is 45.3 Å². The van der Waals surface area contributed by atoms with Gasteiger partial charge in [0.15, 0.2) is 12.1 Å². The first-order chi connectivity index (χ1) is 27.8. The predicted molar refractivity (Wildman–Crippen MR) is 220 cm³/mol. The molecular formula is C46H56N4O7. The van der Waals surface area contributed by atoms with Gasteiger partial charge in [-0.05, 0) is 58.9 Å². The third-order valence-corrected chi connectivity index (χ3v) is 11.2. The minimum Gasteiger partial charge on any atom is -0.397 e. The number of para-hydroxylation sites is 2. The Morgan fingerprint density at radius 2 is 1.46 bits per heavy atom. The van der Waals surface area contributed by atoms with Crippen LogP contribution >= 0.6 is 0 Å². The number of nitrogens with one attached hydrogen (secondary N) is 2. The minimum absolute atomic E-state index is 0.00608. The number of piperidine rings is 1. The van der Waals surface area contributed by atoms with Crippen LogP contribution in [0.25, 0.3) is 11.1 Å². The third kappa shape index (κ3) is 11.3. The number of anilines is 2. The van der Waals surface area contributed by atoms with Crippen LogP contribution in [0.15, 0.2) is 97.1 Å². The summed E-state index contributed by atoms with van der Waals surface area (Å²) in [7, 11) is 0. The average molecular weight is 777 g/mol. The van der Waals surface area contributed by atoms with Crippen LogP contribution in [0.2, 0.25) is 0 Å². The first-order valence-corrected chi connectivity index (χ1v) is 20.5. The summed E-state index contributed by atoms with van der Waals surface area (Å²) < 4.78 is 25.2. The molecule has 4 aromatic rings. The Hall–Kier alpha value is -4.62.